The molecule has 0 N–H and O–H groups in total. The maximum Gasteiger partial charge on any atom is 0.282 e. The van der Waals surface area contributed by atoms with Gasteiger partial charge in [-0.15, -0.1) is 6.58 Å². The first-order valence-electron chi connectivity index (χ1n) is 6.43. The Morgan fingerprint density at radius 2 is 2.10 bits per heavy atom. The van der Waals surface area contributed by atoms with Gasteiger partial charge in [0.15, 0.2) is 0 Å². The fourth-order valence-electron chi connectivity index (χ4n) is 2.25. The third-order valence-electron chi connectivity index (χ3n) is 3.32. The molecule has 0 aliphatic heterocycles. The van der Waals surface area contributed by atoms with Gasteiger partial charge in [-0.05, 0) is 32.4 Å². The largest absolute Gasteiger partial charge is 0.496 e. The molecule has 4 nitrogen and oxygen atoms in total. The minimum absolute atomic E-state index is 0.182. The van der Waals surface area contributed by atoms with Crippen LogP contribution in [0.1, 0.15) is 27.3 Å². The van der Waals surface area contributed by atoms with Crippen molar-refractivity contribution in [3.8, 4) is 5.75 Å². The molecule has 1 aromatic heterocycles. The number of hydrogen-bond donors (Lipinski definition) is 0. The van der Waals surface area contributed by atoms with E-state index in [1.165, 1.54) is 4.68 Å². The van der Waals surface area contributed by atoms with Crippen molar-refractivity contribution in [1.82, 2.24) is 9.78 Å². The summed E-state index contributed by atoms with van der Waals surface area (Å²) in [6, 6.07) is 7.15. The minimum atomic E-state index is -0.182. The van der Waals surface area contributed by atoms with Crippen LogP contribution in [0.5, 0.6) is 5.75 Å². The molecular weight excluding hydrogens is 252 g/mol. The summed E-state index contributed by atoms with van der Waals surface area (Å²) < 4.78 is 6.67. The van der Waals surface area contributed by atoms with Gasteiger partial charge >= 0.3 is 0 Å². The molecule has 1 aromatic carbocycles. The number of nitrogens with zero attached hydrogens (tertiary/aromatic N) is 2. The van der Waals surface area contributed by atoms with Crippen LogP contribution in [0.15, 0.2) is 36.9 Å². The van der Waals surface area contributed by atoms with Crippen LogP contribution >= 0.6 is 0 Å². The topological polar surface area (TPSA) is 44.1 Å². The zero-order valence-electron chi connectivity index (χ0n) is 12.0. The van der Waals surface area contributed by atoms with Gasteiger partial charge < -0.3 is 4.74 Å². The van der Waals surface area contributed by atoms with Gasteiger partial charge in [0.1, 0.15) is 5.75 Å². The number of carbonyl (C=O) groups excluding carboxylic acids is 1. The van der Waals surface area contributed by atoms with Crippen LogP contribution in [0.25, 0.3) is 0 Å². The Labute approximate surface area is 118 Å². The van der Waals surface area contributed by atoms with E-state index >= 15 is 0 Å². The summed E-state index contributed by atoms with van der Waals surface area (Å²) in [5.74, 6) is 0.369. The second-order valence-electron chi connectivity index (χ2n) is 4.56. The zero-order chi connectivity index (χ0) is 14.7. The van der Waals surface area contributed by atoms with E-state index in [0.717, 1.165) is 17.0 Å². The van der Waals surface area contributed by atoms with Gasteiger partial charge in [-0.2, -0.15) is 5.10 Å². The first-order valence-corrected chi connectivity index (χ1v) is 6.43. The monoisotopic (exact) mass is 270 g/mol. The van der Waals surface area contributed by atoms with Crippen LogP contribution in [0.2, 0.25) is 0 Å². The summed E-state index contributed by atoms with van der Waals surface area (Å²) in [6.45, 7) is 7.53. The highest BCUT2D eigenvalue weighted by Crippen LogP contribution is 2.21. The summed E-state index contributed by atoms with van der Waals surface area (Å²) in [7, 11) is 1.55. The number of aryl methyl sites for hydroxylation is 1. The standard InChI is InChI=1S/C16H18N2O2/c1-5-8-13-11(2)17-18(12(13)3)16(19)14-9-6-7-10-15(14)20-4/h5-7,9-10H,1,8H2,2-4H3. The van der Waals surface area contributed by atoms with E-state index in [2.05, 4.69) is 11.7 Å². The SMILES string of the molecule is C=CCc1c(C)nn(C(=O)c2ccccc2OC)c1C. The van der Waals surface area contributed by atoms with Gasteiger partial charge in [0, 0.05) is 11.3 Å². The Bertz CT molecular complexity index is 656. The van der Waals surface area contributed by atoms with Crippen LogP contribution in [-0.2, 0) is 6.42 Å². The lowest BCUT2D eigenvalue weighted by molar-refractivity contribution is 0.0939. The summed E-state index contributed by atoms with van der Waals surface area (Å²) in [5.41, 5.74) is 3.25. The number of methoxy groups -OCH3 is 1. The van der Waals surface area contributed by atoms with E-state index in [1.807, 2.05) is 32.1 Å². The van der Waals surface area contributed by atoms with E-state index in [1.54, 1.807) is 19.2 Å². The first-order chi connectivity index (χ1) is 9.60. The van der Waals surface area contributed by atoms with E-state index in [4.69, 9.17) is 4.74 Å². The summed E-state index contributed by atoms with van der Waals surface area (Å²) >= 11 is 0. The van der Waals surface area contributed by atoms with Gasteiger partial charge in [-0.25, -0.2) is 4.68 Å². The molecule has 0 spiro atoms. The Morgan fingerprint density at radius 1 is 1.40 bits per heavy atom. The Morgan fingerprint density at radius 3 is 2.75 bits per heavy atom. The van der Waals surface area contributed by atoms with Crippen molar-refractivity contribution in [2.24, 2.45) is 0 Å². The molecule has 4 heteroatoms. The molecule has 0 aliphatic rings. The molecule has 0 aliphatic carbocycles. The van der Waals surface area contributed by atoms with Crippen molar-refractivity contribution in [1.29, 1.82) is 0 Å². The van der Waals surface area contributed by atoms with Crippen LogP contribution in [0, 0.1) is 13.8 Å². The predicted octanol–water partition coefficient (Wildman–Crippen LogP) is 2.93. The van der Waals surface area contributed by atoms with Crippen LogP contribution in [0.4, 0.5) is 0 Å². The second kappa shape index (κ2) is 5.74. The average molecular weight is 270 g/mol. The number of carbonyl (C=O) groups is 1. The van der Waals surface area contributed by atoms with Crippen molar-refractivity contribution in [3.05, 3.63) is 59.4 Å². The molecule has 2 rings (SSSR count). The molecular formula is C16H18N2O2. The number of hydrogen-bond acceptors (Lipinski definition) is 3. The normalized spacial score (nSPS) is 10.3. The van der Waals surface area contributed by atoms with Gasteiger partial charge in [0.25, 0.3) is 5.91 Å². The number of aromatic nitrogens is 2. The Kier molecular flexibility index (Phi) is 4.03. The molecule has 0 atom stereocenters. The Balaban J connectivity index is 2.49. The number of benzene rings is 1. The maximum absolute atomic E-state index is 12.6. The van der Waals surface area contributed by atoms with E-state index < -0.39 is 0 Å². The molecule has 0 saturated heterocycles. The lowest BCUT2D eigenvalue weighted by Crippen LogP contribution is -2.16. The van der Waals surface area contributed by atoms with E-state index in [0.29, 0.717) is 17.7 Å². The number of ether oxygens (including phenoxy) is 1. The minimum Gasteiger partial charge on any atom is -0.496 e. The van der Waals surface area contributed by atoms with Gasteiger partial charge in [-0.1, -0.05) is 18.2 Å². The predicted molar refractivity (Wildman–Crippen MR) is 78.3 cm³/mol. The van der Waals surface area contributed by atoms with E-state index in [9.17, 15) is 4.79 Å². The van der Waals surface area contributed by atoms with Crippen molar-refractivity contribution in [3.63, 3.8) is 0 Å². The zero-order valence-corrected chi connectivity index (χ0v) is 12.0. The summed E-state index contributed by atoms with van der Waals surface area (Å²) in [5, 5.41) is 4.34. The molecule has 0 fully saturated rings. The molecule has 2 aromatic rings. The van der Waals surface area contributed by atoms with Crippen LogP contribution < -0.4 is 4.74 Å². The quantitative estimate of drug-likeness (QED) is 0.802. The molecule has 20 heavy (non-hydrogen) atoms. The van der Waals surface area contributed by atoms with E-state index in [-0.39, 0.29) is 5.91 Å². The van der Waals surface area contributed by atoms with Crippen LogP contribution in [0.3, 0.4) is 0 Å². The van der Waals surface area contributed by atoms with Crippen molar-refractivity contribution in [2.45, 2.75) is 20.3 Å². The number of para-hydroxylation sites is 1. The lowest BCUT2D eigenvalue weighted by Gasteiger charge is -2.08. The van der Waals surface area contributed by atoms with Crippen LogP contribution in [-0.4, -0.2) is 22.8 Å². The highest BCUT2D eigenvalue weighted by molar-refractivity contribution is 5.98. The third kappa shape index (κ3) is 2.37. The summed E-state index contributed by atoms with van der Waals surface area (Å²) in [4.78, 5) is 12.6. The molecule has 0 bridgehead atoms. The molecule has 0 amide bonds. The first kappa shape index (κ1) is 14.1. The third-order valence-corrected chi connectivity index (χ3v) is 3.32. The lowest BCUT2D eigenvalue weighted by atomic mass is 10.1. The van der Waals surface area contributed by atoms with Gasteiger partial charge in [0.2, 0.25) is 0 Å². The number of rotatable bonds is 4. The van der Waals surface area contributed by atoms with Gasteiger partial charge in [0.05, 0.1) is 18.4 Å². The van der Waals surface area contributed by atoms with Crippen molar-refractivity contribution >= 4 is 5.91 Å². The molecule has 0 unspecified atom stereocenters. The molecule has 0 radical (unpaired) electrons. The maximum atomic E-state index is 12.6. The summed E-state index contributed by atoms with van der Waals surface area (Å²) in [6.07, 6.45) is 2.52. The van der Waals surface area contributed by atoms with Crippen molar-refractivity contribution < 1.29 is 9.53 Å². The highest BCUT2D eigenvalue weighted by atomic mass is 16.5. The highest BCUT2D eigenvalue weighted by Gasteiger charge is 2.19. The smallest absolute Gasteiger partial charge is 0.282 e. The fourth-order valence-corrected chi connectivity index (χ4v) is 2.25. The Hall–Kier alpha value is -2.36. The fraction of sp³-hybridized carbons (Fsp3) is 0.250. The van der Waals surface area contributed by atoms with Gasteiger partial charge in [-0.3, -0.25) is 4.79 Å². The molecule has 1 heterocycles. The molecule has 0 saturated carbocycles. The number of allylic oxidation sites excluding steroid dienone is 1. The second-order valence-corrected chi connectivity index (χ2v) is 4.56. The average Bonchev–Trinajstić information content (AvgIpc) is 2.75. The van der Waals surface area contributed by atoms with Crippen molar-refractivity contribution in [2.75, 3.05) is 7.11 Å². The molecule has 104 valence electrons.